The van der Waals surface area contributed by atoms with Crippen molar-refractivity contribution in [2.75, 3.05) is 23.4 Å². The second-order valence-electron chi connectivity index (χ2n) is 5.86. The summed E-state index contributed by atoms with van der Waals surface area (Å²) in [6, 6.07) is 8.78. The second-order valence-corrected chi connectivity index (χ2v) is 6.78. The molecule has 1 N–H and O–H groups in total. The maximum atomic E-state index is 12.2. The monoisotopic (exact) mass is 421 g/mol. The van der Waals surface area contributed by atoms with Crippen LogP contribution in [0.4, 0.5) is 11.5 Å². The van der Waals surface area contributed by atoms with Gasteiger partial charge in [0.15, 0.2) is 12.4 Å². The highest BCUT2D eigenvalue weighted by Gasteiger charge is 2.36. The number of amides is 2. The number of aromatic nitrogens is 1. The molecule has 1 aliphatic rings. The van der Waals surface area contributed by atoms with E-state index in [0.717, 1.165) is 4.47 Å². The number of halogens is 1. The van der Waals surface area contributed by atoms with Crippen molar-refractivity contribution in [2.45, 2.75) is 13.3 Å². The molecule has 0 saturated carbocycles. The van der Waals surface area contributed by atoms with Gasteiger partial charge in [0.05, 0.1) is 5.92 Å². The largest absolute Gasteiger partial charge is 0.455 e. The number of hydrogen-bond donors (Lipinski definition) is 1. The number of anilines is 2. The number of hydrogen-bond acceptors (Lipinski definition) is 6. The number of nitrogens with one attached hydrogen (secondary N) is 1. The van der Waals surface area contributed by atoms with Gasteiger partial charge in [-0.1, -0.05) is 21.1 Å². The summed E-state index contributed by atoms with van der Waals surface area (Å²) >= 11 is 3.34. The fraction of sp³-hybridized carbons (Fsp3) is 0.294. The van der Waals surface area contributed by atoms with Crippen LogP contribution in [0.1, 0.15) is 12.2 Å². The van der Waals surface area contributed by atoms with Gasteiger partial charge in [0.25, 0.3) is 5.91 Å². The lowest BCUT2D eigenvalue weighted by molar-refractivity contribution is -0.151. The van der Waals surface area contributed by atoms with Crippen molar-refractivity contribution in [3.05, 3.63) is 40.6 Å². The van der Waals surface area contributed by atoms with Crippen LogP contribution < -0.4 is 10.2 Å². The molecule has 1 saturated heterocycles. The molecule has 3 rings (SSSR count). The first-order chi connectivity index (χ1) is 12.4. The summed E-state index contributed by atoms with van der Waals surface area (Å²) in [6.07, 6.45) is 0.0546. The standard InChI is InChI=1S/C17H16BrN3O5/c1-10-6-14(20-26-10)19-15(22)9-25-17(24)11-7-16(23)21(8-11)13-4-2-12(18)3-5-13/h2-6,11H,7-9H2,1H3,(H,19,20,22)/t11-/m0/s1. The molecule has 2 aromatic rings. The van der Waals surface area contributed by atoms with Gasteiger partial charge in [0, 0.05) is 29.2 Å². The first-order valence-corrected chi connectivity index (χ1v) is 8.67. The number of aryl methyl sites for hydroxylation is 1. The Morgan fingerprint density at radius 2 is 2.12 bits per heavy atom. The molecule has 26 heavy (non-hydrogen) atoms. The van der Waals surface area contributed by atoms with E-state index in [2.05, 4.69) is 26.4 Å². The number of rotatable bonds is 5. The van der Waals surface area contributed by atoms with Crippen LogP contribution in [-0.4, -0.2) is 36.1 Å². The average Bonchev–Trinajstić information content (AvgIpc) is 3.19. The van der Waals surface area contributed by atoms with Crippen LogP contribution in [-0.2, 0) is 19.1 Å². The number of ether oxygens (including phenoxy) is 1. The number of carbonyl (C=O) groups excluding carboxylic acids is 3. The van der Waals surface area contributed by atoms with Crippen molar-refractivity contribution < 1.29 is 23.6 Å². The Bertz CT molecular complexity index is 833. The minimum Gasteiger partial charge on any atom is -0.455 e. The molecule has 0 radical (unpaired) electrons. The zero-order valence-corrected chi connectivity index (χ0v) is 15.5. The van der Waals surface area contributed by atoms with E-state index in [1.807, 2.05) is 12.1 Å². The summed E-state index contributed by atoms with van der Waals surface area (Å²) in [7, 11) is 0. The second kappa shape index (κ2) is 7.69. The average molecular weight is 422 g/mol. The summed E-state index contributed by atoms with van der Waals surface area (Å²) in [5, 5.41) is 6.07. The number of benzene rings is 1. The van der Waals surface area contributed by atoms with E-state index < -0.39 is 24.4 Å². The fourth-order valence-corrected chi connectivity index (χ4v) is 2.86. The third-order valence-electron chi connectivity index (χ3n) is 3.84. The smallest absolute Gasteiger partial charge is 0.311 e. The number of nitrogens with zero attached hydrogens (tertiary/aromatic N) is 2. The molecule has 0 aliphatic carbocycles. The molecule has 1 aliphatic heterocycles. The zero-order chi connectivity index (χ0) is 18.7. The van der Waals surface area contributed by atoms with E-state index in [1.165, 1.54) is 4.90 Å². The summed E-state index contributed by atoms with van der Waals surface area (Å²) in [5.41, 5.74) is 0.715. The van der Waals surface area contributed by atoms with Crippen LogP contribution in [0.3, 0.4) is 0 Å². The van der Waals surface area contributed by atoms with Crippen molar-refractivity contribution in [2.24, 2.45) is 5.92 Å². The van der Waals surface area contributed by atoms with Crippen LogP contribution in [0.25, 0.3) is 0 Å². The number of esters is 1. The van der Waals surface area contributed by atoms with Crippen LogP contribution in [0.15, 0.2) is 39.3 Å². The van der Waals surface area contributed by atoms with Crippen molar-refractivity contribution >= 4 is 45.2 Å². The van der Waals surface area contributed by atoms with Crippen molar-refractivity contribution in [1.82, 2.24) is 5.16 Å². The Balaban J connectivity index is 1.51. The van der Waals surface area contributed by atoms with Gasteiger partial charge >= 0.3 is 5.97 Å². The predicted octanol–water partition coefficient (Wildman–Crippen LogP) is 2.28. The normalized spacial score (nSPS) is 16.6. The summed E-state index contributed by atoms with van der Waals surface area (Å²) < 4.78 is 10.7. The van der Waals surface area contributed by atoms with Crippen LogP contribution in [0.2, 0.25) is 0 Å². The SMILES string of the molecule is Cc1cc(NC(=O)COC(=O)[C@H]2CC(=O)N(c3ccc(Br)cc3)C2)no1. The van der Waals surface area contributed by atoms with E-state index in [-0.39, 0.29) is 24.7 Å². The molecule has 1 atom stereocenters. The summed E-state index contributed by atoms with van der Waals surface area (Å²) in [4.78, 5) is 37.6. The van der Waals surface area contributed by atoms with E-state index in [4.69, 9.17) is 9.26 Å². The molecule has 0 bridgehead atoms. The highest BCUT2D eigenvalue weighted by molar-refractivity contribution is 9.10. The lowest BCUT2D eigenvalue weighted by atomic mass is 10.1. The lowest BCUT2D eigenvalue weighted by Crippen LogP contribution is -2.28. The van der Waals surface area contributed by atoms with Gasteiger partial charge in [-0.3, -0.25) is 14.4 Å². The Morgan fingerprint density at radius 3 is 2.77 bits per heavy atom. The summed E-state index contributed by atoms with van der Waals surface area (Å²) in [5.74, 6) is -1.06. The topological polar surface area (TPSA) is 102 Å². The molecule has 1 aromatic carbocycles. The minimum atomic E-state index is -0.603. The Morgan fingerprint density at radius 1 is 1.38 bits per heavy atom. The molecule has 1 aromatic heterocycles. The third-order valence-corrected chi connectivity index (χ3v) is 4.37. The molecular weight excluding hydrogens is 406 g/mol. The first-order valence-electron chi connectivity index (χ1n) is 7.88. The van der Waals surface area contributed by atoms with E-state index in [1.54, 1.807) is 25.1 Å². The van der Waals surface area contributed by atoms with Gasteiger partial charge in [0.1, 0.15) is 5.76 Å². The quantitative estimate of drug-likeness (QED) is 0.742. The van der Waals surface area contributed by atoms with Crippen molar-refractivity contribution in [1.29, 1.82) is 0 Å². The highest BCUT2D eigenvalue weighted by atomic mass is 79.9. The molecule has 136 valence electrons. The van der Waals surface area contributed by atoms with Gasteiger partial charge in [-0.25, -0.2) is 0 Å². The molecule has 9 heteroatoms. The number of carbonyl (C=O) groups is 3. The van der Waals surface area contributed by atoms with E-state index in [9.17, 15) is 14.4 Å². The van der Waals surface area contributed by atoms with Crippen LogP contribution in [0, 0.1) is 12.8 Å². The first kappa shape index (κ1) is 18.1. The molecule has 1 fully saturated rings. The molecule has 8 nitrogen and oxygen atoms in total. The molecule has 0 unspecified atom stereocenters. The van der Waals surface area contributed by atoms with Gasteiger partial charge in [0.2, 0.25) is 5.91 Å². The maximum absolute atomic E-state index is 12.2. The van der Waals surface area contributed by atoms with E-state index >= 15 is 0 Å². The van der Waals surface area contributed by atoms with Crippen LogP contribution in [0.5, 0.6) is 0 Å². The van der Waals surface area contributed by atoms with E-state index in [0.29, 0.717) is 11.4 Å². The van der Waals surface area contributed by atoms with Gasteiger partial charge < -0.3 is 19.5 Å². The molecule has 2 heterocycles. The van der Waals surface area contributed by atoms with Gasteiger partial charge in [-0.15, -0.1) is 0 Å². The Kier molecular flexibility index (Phi) is 5.36. The maximum Gasteiger partial charge on any atom is 0.311 e. The van der Waals surface area contributed by atoms with Gasteiger partial charge in [-0.2, -0.15) is 0 Å². The van der Waals surface area contributed by atoms with Crippen molar-refractivity contribution in [3.8, 4) is 0 Å². The summed E-state index contributed by atoms with van der Waals surface area (Å²) in [6.45, 7) is 1.47. The highest BCUT2D eigenvalue weighted by Crippen LogP contribution is 2.27. The Hall–Kier alpha value is -2.68. The fourth-order valence-electron chi connectivity index (χ4n) is 2.59. The van der Waals surface area contributed by atoms with Gasteiger partial charge in [-0.05, 0) is 31.2 Å². The third kappa shape index (κ3) is 4.29. The lowest BCUT2D eigenvalue weighted by Gasteiger charge is -2.16. The molecular formula is C17H16BrN3O5. The molecule has 0 spiro atoms. The molecule has 2 amide bonds. The van der Waals surface area contributed by atoms with Crippen molar-refractivity contribution in [3.63, 3.8) is 0 Å². The Labute approximate surface area is 157 Å². The predicted molar refractivity (Wildman–Crippen MR) is 95.4 cm³/mol. The minimum absolute atomic E-state index is 0.0546. The zero-order valence-electron chi connectivity index (χ0n) is 13.9. The van der Waals surface area contributed by atoms with Crippen LogP contribution >= 0.6 is 15.9 Å².